The van der Waals surface area contributed by atoms with Crippen LogP contribution in [0.25, 0.3) is 22.3 Å². The Morgan fingerprint density at radius 3 is 2.54 bits per heavy atom. The van der Waals surface area contributed by atoms with E-state index in [1.165, 1.54) is 6.07 Å². The van der Waals surface area contributed by atoms with Crippen molar-refractivity contribution in [1.29, 1.82) is 0 Å². The molecule has 206 valence electrons. The van der Waals surface area contributed by atoms with E-state index in [2.05, 4.69) is 0 Å². The van der Waals surface area contributed by atoms with E-state index in [1.807, 2.05) is 0 Å². The van der Waals surface area contributed by atoms with Gasteiger partial charge in [0.25, 0.3) is 5.56 Å². The summed E-state index contributed by atoms with van der Waals surface area (Å²) in [6.45, 7) is 3.55. The van der Waals surface area contributed by atoms with Crippen molar-refractivity contribution in [3.05, 3.63) is 61.7 Å². The van der Waals surface area contributed by atoms with Crippen molar-refractivity contribution in [2.75, 3.05) is 0 Å². The van der Waals surface area contributed by atoms with Crippen molar-refractivity contribution in [3.8, 4) is 11.4 Å². The number of carboxylic acids is 1. The van der Waals surface area contributed by atoms with Gasteiger partial charge >= 0.3 is 18.1 Å². The van der Waals surface area contributed by atoms with E-state index in [0.717, 1.165) is 22.1 Å². The van der Waals surface area contributed by atoms with Gasteiger partial charge in [0.2, 0.25) is 0 Å². The van der Waals surface area contributed by atoms with Crippen molar-refractivity contribution in [2.45, 2.75) is 64.1 Å². The molecule has 1 aliphatic carbocycles. The molecule has 0 amide bonds. The Morgan fingerprint density at radius 1 is 1.26 bits per heavy atom. The molecule has 4 N–H and O–H groups in total. The minimum atomic E-state index is -5.08. The molecule has 0 saturated carbocycles. The van der Waals surface area contributed by atoms with Gasteiger partial charge in [0.15, 0.2) is 5.60 Å². The first-order valence-corrected chi connectivity index (χ1v) is 12.1. The molecule has 3 aliphatic rings. The van der Waals surface area contributed by atoms with Gasteiger partial charge in [-0.05, 0) is 48.9 Å². The summed E-state index contributed by atoms with van der Waals surface area (Å²) in [5.41, 5.74) is 9.72. The summed E-state index contributed by atoms with van der Waals surface area (Å²) in [6, 6.07) is 2.84. The van der Waals surface area contributed by atoms with Crippen LogP contribution < -0.4 is 11.3 Å². The largest absolute Gasteiger partial charge is 0.490 e. The smallest absolute Gasteiger partial charge is 0.475 e. The highest BCUT2D eigenvalue weighted by Gasteiger charge is 2.46. The zero-order valence-corrected chi connectivity index (χ0v) is 20.8. The molecule has 2 aromatic heterocycles. The first-order valence-electron chi connectivity index (χ1n) is 12.1. The van der Waals surface area contributed by atoms with Gasteiger partial charge in [0.1, 0.15) is 12.4 Å². The highest BCUT2D eigenvalue weighted by Crippen LogP contribution is 2.45. The van der Waals surface area contributed by atoms with E-state index in [-0.39, 0.29) is 48.1 Å². The second-order valence-electron chi connectivity index (χ2n) is 9.76. The number of alkyl halides is 3. The number of nitrogens with two attached hydrogens (primary N) is 1. The lowest BCUT2D eigenvalue weighted by molar-refractivity contribution is -0.192. The third kappa shape index (κ3) is 3.90. The van der Waals surface area contributed by atoms with Gasteiger partial charge in [-0.2, -0.15) is 13.2 Å². The van der Waals surface area contributed by atoms with Gasteiger partial charge in [0, 0.05) is 28.6 Å². The number of halogens is 4. The molecule has 0 bridgehead atoms. The Balaban J connectivity index is 0.000000392. The lowest BCUT2D eigenvalue weighted by Crippen LogP contribution is -2.44. The number of cyclic esters (lactones) is 1. The molecular weight excluding hydrogens is 526 g/mol. The van der Waals surface area contributed by atoms with Gasteiger partial charge in [-0.1, -0.05) is 6.92 Å². The van der Waals surface area contributed by atoms with Crippen molar-refractivity contribution in [2.24, 2.45) is 5.73 Å². The van der Waals surface area contributed by atoms with Crippen molar-refractivity contribution in [1.82, 2.24) is 9.55 Å². The molecule has 2 aliphatic heterocycles. The zero-order valence-electron chi connectivity index (χ0n) is 20.8. The van der Waals surface area contributed by atoms with Gasteiger partial charge < -0.3 is 25.3 Å². The summed E-state index contributed by atoms with van der Waals surface area (Å²) in [4.78, 5) is 39.4. The fourth-order valence-corrected chi connectivity index (χ4v) is 5.59. The number of ether oxygens (including phenoxy) is 1. The average Bonchev–Trinajstić information content (AvgIpc) is 3.24. The Kier molecular flexibility index (Phi) is 6.07. The van der Waals surface area contributed by atoms with Crippen LogP contribution in [-0.2, 0) is 39.5 Å². The summed E-state index contributed by atoms with van der Waals surface area (Å²) < 4.78 is 53.1. The predicted octanol–water partition coefficient (Wildman–Crippen LogP) is 3.11. The summed E-state index contributed by atoms with van der Waals surface area (Å²) in [6.07, 6.45) is -3.65. The Hall–Kier alpha value is -3.84. The zero-order chi connectivity index (χ0) is 28.6. The average molecular weight is 549 g/mol. The predicted molar refractivity (Wildman–Crippen MR) is 128 cm³/mol. The maximum atomic E-state index is 14.7. The molecule has 0 radical (unpaired) electrons. The van der Waals surface area contributed by atoms with Crippen LogP contribution in [0.2, 0.25) is 0 Å². The number of aliphatic carboxylic acids is 1. The van der Waals surface area contributed by atoms with Crippen LogP contribution in [-0.4, -0.2) is 37.9 Å². The lowest BCUT2D eigenvalue weighted by Gasteiger charge is -2.31. The number of nitrogens with zero attached hydrogens (tertiary/aromatic N) is 2. The minimum Gasteiger partial charge on any atom is -0.475 e. The van der Waals surface area contributed by atoms with E-state index in [4.69, 9.17) is 25.4 Å². The number of fused-ring (bicyclic) bond motifs is 5. The molecule has 2 atom stereocenters. The molecule has 3 aromatic rings. The molecule has 9 nitrogen and oxygen atoms in total. The quantitative estimate of drug-likeness (QED) is 0.243. The number of aliphatic hydroxyl groups is 1. The number of aromatic nitrogens is 2. The van der Waals surface area contributed by atoms with Gasteiger partial charge in [0.05, 0.1) is 29.0 Å². The molecule has 4 heterocycles. The standard InChI is InChI=1S/C24H22FN3O4.C2HF3O2/c1-3-24(31)14-6-18-21-12(8-28(18)22(29)13(14)9-32-23(24)30)19-16(26)5-4-11-10(2)15(25)7-17(27-21)20(11)19;3-2(4,5)1(6)7/h6-7,16,31H,3-5,8-9,26H2,1-2H3;(H,6,7)/t16-,24+;/m1./s1. The first kappa shape index (κ1) is 26.8. The molecule has 6 rings (SSSR count). The number of aryl methyl sites for hydroxylation is 1. The minimum absolute atomic E-state index is 0.0731. The highest BCUT2D eigenvalue weighted by atomic mass is 19.4. The van der Waals surface area contributed by atoms with Crippen molar-refractivity contribution < 1.29 is 42.1 Å². The second kappa shape index (κ2) is 8.85. The van der Waals surface area contributed by atoms with Crippen LogP contribution in [0.5, 0.6) is 0 Å². The molecular formula is C26H23F4N3O6. The van der Waals surface area contributed by atoms with Gasteiger partial charge in [-0.3, -0.25) is 4.79 Å². The van der Waals surface area contributed by atoms with E-state index in [9.17, 15) is 32.3 Å². The fraction of sp³-hybridized carbons (Fsp3) is 0.385. The highest BCUT2D eigenvalue weighted by molar-refractivity contribution is 5.93. The maximum absolute atomic E-state index is 14.7. The maximum Gasteiger partial charge on any atom is 0.490 e. The van der Waals surface area contributed by atoms with Crippen molar-refractivity contribution >= 4 is 22.8 Å². The van der Waals surface area contributed by atoms with Gasteiger partial charge in [-0.25, -0.2) is 19.0 Å². The van der Waals surface area contributed by atoms with Crippen LogP contribution in [0.4, 0.5) is 17.6 Å². The number of esters is 1. The number of carbonyl (C=O) groups is 2. The number of pyridine rings is 2. The monoisotopic (exact) mass is 549 g/mol. The molecule has 39 heavy (non-hydrogen) atoms. The van der Waals surface area contributed by atoms with Crippen molar-refractivity contribution in [3.63, 3.8) is 0 Å². The number of rotatable bonds is 1. The second-order valence-corrected chi connectivity index (χ2v) is 9.76. The fourth-order valence-electron chi connectivity index (χ4n) is 5.59. The number of carboxylic acid groups (broad SMARTS) is 1. The molecule has 0 unspecified atom stereocenters. The third-order valence-corrected chi connectivity index (χ3v) is 7.67. The molecule has 1 aromatic carbocycles. The van der Waals surface area contributed by atoms with E-state index < -0.39 is 23.7 Å². The first-order chi connectivity index (χ1) is 18.2. The summed E-state index contributed by atoms with van der Waals surface area (Å²) in [7, 11) is 0. The van der Waals surface area contributed by atoms with Crippen LogP contribution >= 0.6 is 0 Å². The Labute approximate surface area is 217 Å². The Morgan fingerprint density at radius 2 is 1.92 bits per heavy atom. The van der Waals surface area contributed by atoms with Crippen LogP contribution in [0.15, 0.2) is 16.9 Å². The Bertz CT molecular complexity index is 1650. The van der Waals surface area contributed by atoms with Crippen LogP contribution in [0.1, 0.15) is 59.2 Å². The topological polar surface area (TPSA) is 145 Å². The normalized spacial score (nSPS) is 20.9. The molecule has 0 fully saturated rings. The number of benzene rings is 1. The van der Waals surface area contributed by atoms with Crippen LogP contribution in [0, 0.1) is 12.7 Å². The molecule has 0 saturated heterocycles. The number of carbonyl (C=O) groups excluding carboxylic acids is 1. The SMILES string of the molecule is CC[C@@]1(O)C(=O)OCc2c1cc1n(c2=O)Cc2c-1nc1cc(F)c(C)c3c1c2[C@H](N)CC3.O=C(O)C(F)(F)F. The van der Waals surface area contributed by atoms with E-state index in [1.54, 1.807) is 24.5 Å². The molecule has 0 spiro atoms. The number of hydrogen-bond acceptors (Lipinski definition) is 7. The summed E-state index contributed by atoms with van der Waals surface area (Å²) in [5.74, 6) is -3.83. The molecule has 13 heteroatoms. The van der Waals surface area contributed by atoms with Gasteiger partial charge in [-0.15, -0.1) is 0 Å². The van der Waals surface area contributed by atoms with E-state index in [0.29, 0.717) is 35.3 Å². The lowest BCUT2D eigenvalue weighted by atomic mass is 9.82. The van der Waals surface area contributed by atoms with Crippen LogP contribution in [0.3, 0.4) is 0 Å². The number of hydrogen-bond donors (Lipinski definition) is 3. The summed E-state index contributed by atoms with van der Waals surface area (Å²) >= 11 is 0. The summed E-state index contributed by atoms with van der Waals surface area (Å²) in [5, 5.41) is 19.0. The third-order valence-electron chi connectivity index (χ3n) is 7.67. The van der Waals surface area contributed by atoms with E-state index >= 15 is 0 Å².